The summed E-state index contributed by atoms with van der Waals surface area (Å²) < 4.78 is 1.70. The number of aliphatic carboxylic acids is 1. The van der Waals surface area contributed by atoms with Crippen LogP contribution in [-0.4, -0.2) is 49.5 Å². The zero-order valence-corrected chi connectivity index (χ0v) is 14.3. The molecule has 0 aromatic carbocycles. The summed E-state index contributed by atoms with van der Waals surface area (Å²) in [5, 5.41) is 10.2. The van der Waals surface area contributed by atoms with Crippen molar-refractivity contribution >= 4 is 28.3 Å². The monoisotopic (exact) mass is 349 g/mol. The third-order valence-electron chi connectivity index (χ3n) is 4.57. The SMILES string of the molecule is Cc1nc(N)sc1C(=O)N1CCC(C(=O)O)(n2ccnc2C)CC1. The first kappa shape index (κ1) is 16.4. The lowest BCUT2D eigenvalue weighted by Crippen LogP contribution is -2.52. The molecular weight excluding hydrogens is 330 g/mol. The minimum Gasteiger partial charge on any atom is -0.479 e. The molecule has 24 heavy (non-hydrogen) atoms. The minimum absolute atomic E-state index is 0.136. The third-order valence-corrected chi connectivity index (χ3v) is 5.54. The van der Waals surface area contributed by atoms with E-state index < -0.39 is 11.5 Å². The van der Waals surface area contributed by atoms with Gasteiger partial charge < -0.3 is 20.3 Å². The second-order valence-electron chi connectivity index (χ2n) is 5.94. The Labute approximate surface area is 142 Å². The second-order valence-corrected chi connectivity index (χ2v) is 6.97. The molecule has 1 saturated heterocycles. The number of carboxylic acids is 1. The van der Waals surface area contributed by atoms with Crippen molar-refractivity contribution < 1.29 is 14.7 Å². The van der Waals surface area contributed by atoms with Crippen LogP contribution in [0.1, 0.15) is 34.0 Å². The lowest BCUT2D eigenvalue weighted by Gasteiger charge is -2.40. The van der Waals surface area contributed by atoms with E-state index in [-0.39, 0.29) is 5.91 Å². The number of carbonyl (C=O) groups is 2. The fourth-order valence-electron chi connectivity index (χ4n) is 3.23. The number of imidazole rings is 1. The summed E-state index contributed by atoms with van der Waals surface area (Å²) >= 11 is 1.17. The van der Waals surface area contributed by atoms with E-state index in [0.29, 0.717) is 47.5 Å². The van der Waals surface area contributed by atoms with Gasteiger partial charge in [-0.2, -0.15) is 0 Å². The van der Waals surface area contributed by atoms with Crippen molar-refractivity contribution in [1.82, 2.24) is 19.4 Å². The molecule has 0 aliphatic carbocycles. The summed E-state index contributed by atoms with van der Waals surface area (Å²) in [5.74, 6) is -0.375. The van der Waals surface area contributed by atoms with Crippen molar-refractivity contribution in [3.05, 3.63) is 28.8 Å². The Balaban J connectivity index is 1.81. The highest BCUT2D eigenvalue weighted by Crippen LogP contribution is 2.33. The highest BCUT2D eigenvalue weighted by molar-refractivity contribution is 7.17. The zero-order chi connectivity index (χ0) is 17.5. The summed E-state index contributed by atoms with van der Waals surface area (Å²) in [5.41, 5.74) is 5.22. The van der Waals surface area contributed by atoms with Crippen LogP contribution in [0, 0.1) is 13.8 Å². The average molecular weight is 349 g/mol. The maximum atomic E-state index is 12.6. The van der Waals surface area contributed by atoms with Crippen molar-refractivity contribution in [2.45, 2.75) is 32.2 Å². The number of hydrogen-bond acceptors (Lipinski definition) is 6. The average Bonchev–Trinajstić information content (AvgIpc) is 3.12. The van der Waals surface area contributed by atoms with Gasteiger partial charge in [0.1, 0.15) is 16.2 Å². The van der Waals surface area contributed by atoms with Crippen LogP contribution >= 0.6 is 11.3 Å². The molecule has 0 saturated carbocycles. The Morgan fingerprint density at radius 2 is 2.00 bits per heavy atom. The maximum Gasteiger partial charge on any atom is 0.330 e. The van der Waals surface area contributed by atoms with Crippen molar-refractivity contribution in [1.29, 1.82) is 0 Å². The van der Waals surface area contributed by atoms with Crippen LogP contribution in [0.15, 0.2) is 12.4 Å². The molecule has 2 aromatic rings. The van der Waals surface area contributed by atoms with Gasteiger partial charge in [0, 0.05) is 25.5 Å². The molecule has 0 bridgehead atoms. The summed E-state index contributed by atoms with van der Waals surface area (Å²) in [4.78, 5) is 35.0. The van der Waals surface area contributed by atoms with Crippen molar-refractivity contribution in [3.63, 3.8) is 0 Å². The summed E-state index contributed by atoms with van der Waals surface area (Å²) in [6.07, 6.45) is 3.95. The molecule has 0 atom stereocenters. The number of carboxylic acid groups (broad SMARTS) is 1. The fourth-order valence-corrected chi connectivity index (χ4v) is 4.03. The molecule has 3 rings (SSSR count). The number of anilines is 1. The molecule has 1 aliphatic rings. The standard InChI is InChI=1S/C15H19N5O3S/c1-9-11(24-14(16)18-9)12(21)19-6-3-15(4-7-19,13(22)23)20-8-5-17-10(20)2/h5,8H,3-4,6-7H2,1-2H3,(H2,16,18)(H,22,23). The first-order valence-corrected chi connectivity index (χ1v) is 8.43. The third kappa shape index (κ3) is 2.54. The molecule has 1 fully saturated rings. The number of amides is 1. The molecule has 0 spiro atoms. The summed E-state index contributed by atoms with van der Waals surface area (Å²) in [6, 6.07) is 0. The molecule has 9 heteroatoms. The molecule has 1 amide bonds. The predicted octanol–water partition coefficient (Wildman–Crippen LogP) is 1.25. The highest BCUT2D eigenvalue weighted by atomic mass is 32.1. The smallest absolute Gasteiger partial charge is 0.330 e. The number of likely N-dealkylation sites (tertiary alicyclic amines) is 1. The number of nitrogen functional groups attached to an aromatic ring is 1. The van der Waals surface area contributed by atoms with Crippen LogP contribution in [0.25, 0.3) is 0 Å². The van der Waals surface area contributed by atoms with E-state index in [2.05, 4.69) is 9.97 Å². The Hall–Kier alpha value is -2.42. The molecule has 8 nitrogen and oxygen atoms in total. The molecule has 3 heterocycles. The van der Waals surface area contributed by atoms with Crippen molar-refractivity contribution in [2.75, 3.05) is 18.8 Å². The largest absolute Gasteiger partial charge is 0.479 e. The molecule has 128 valence electrons. The summed E-state index contributed by atoms with van der Waals surface area (Å²) in [7, 11) is 0. The zero-order valence-electron chi connectivity index (χ0n) is 13.5. The van der Waals surface area contributed by atoms with Crippen molar-refractivity contribution in [3.8, 4) is 0 Å². The van der Waals surface area contributed by atoms with Gasteiger partial charge in [-0.25, -0.2) is 14.8 Å². The first-order chi connectivity index (χ1) is 11.3. The summed E-state index contributed by atoms with van der Waals surface area (Å²) in [6.45, 7) is 4.26. The minimum atomic E-state index is -1.06. The quantitative estimate of drug-likeness (QED) is 0.862. The first-order valence-electron chi connectivity index (χ1n) is 7.61. The van der Waals surface area contributed by atoms with Gasteiger partial charge in [0.15, 0.2) is 5.13 Å². The number of carbonyl (C=O) groups excluding carboxylic acids is 1. The number of aryl methyl sites for hydroxylation is 2. The Kier molecular flexibility index (Phi) is 4.04. The number of piperidine rings is 1. The number of aromatic nitrogens is 3. The number of nitrogens with two attached hydrogens (primary N) is 1. The normalized spacial score (nSPS) is 17.0. The Morgan fingerprint density at radius 3 is 2.46 bits per heavy atom. The van der Waals surface area contributed by atoms with E-state index in [4.69, 9.17) is 5.73 Å². The van der Waals surface area contributed by atoms with Gasteiger partial charge in [-0.1, -0.05) is 11.3 Å². The number of nitrogens with zero attached hydrogens (tertiary/aromatic N) is 4. The molecule has 0 unspecified atom stereocenters. The lowest BCUT2D eigenvalue weighted by atomic mass is 9.87. The molecule has 2 aromatic heterocycles. The van der Waals surface area contributed by atoms with E-state index in [1.807, 2.05) is 0 Å². The van der Waals surface area contributed by atoms with Crippen LogP contribution in [0.4, 0.5) is 5.13 Å². The molecular formula is C15H19N5O3S. The Bertz CT molecular complexity index is 789. The fraction of sp³-hybridized carbons (Fsp3) is 0.467. The highest BCUT2D eigenvalue weighted by Gasteiger charge is 2.45. The van der Waals surface area contributed by atoms with Gasteiger partial charge in [0.2, 0.25) is 0 Å². The number of hydrogen-bond donors (Lipinski definition) is 2. The van der Waals surface area contributed by atoms with Crippen LogP contribution in [0.2, 0.25) is 0 Å². The van der Waals surface area contributed by atoms with E-state index in [1.54, 1.807) is 35.7 Å². The van der Waals surface area contributed by atoms with E-state index in [9.17, 15) is 14.7 Å². The van der Waals surface area contributed by atoms with Gasteiger partial charge in [0.25, 0.3) is 5.91 Å². The number of thiazole rings is 1. The van der Waals surface area contributed by atoms with Gasteiger partial charge in [-0.05, 0) is 26.7 Å². The van der Waals surface area contributed by atoms with Crippen molar-refractivity contribution in [2.24, 2.45) is 0 Å². The molecule has 0 radical (unpaired) electrons. The Morgan fingerprint density at radius 1 is 1.33 bits per heavy atom. The van der Waals surface area contributed by atoms with Crippen LogP contribution < -0.4 is 5.73 Å². The predicted molar refractivity (Wildman–Crippen MR) is 89.0 cm³/mol. The van der Waals surface area contributed by atoms with Gasteiger partial charge in [-0.3, -0.25) is 4.79 Å². The lowest BCUT2D eigenvalue weighted by molar-refractivity contribution is -0.150. The molecule has 3 N–H and O–H groups in total. The van der Waals surface area contributed by atoms with E-state index in [1.165, 1.54) is 11.3 Å². The van der Waals surface area contributed by atoms with Gasteiger partial charge in [0.05, 0.1) is 5.69 Å². The second kappa shape index (κ2) is 5.90. The van der Waals surface area contributed by atoms with Crippen LogP contribution in [0.3, 0.4) is 0 Å². The van der Waals surface area contributed by atoms with Gasteiger partial charge in [-0.15, -0.1) is 0 Å². The van der Waals surface area contributed by atoms with Crippen LogP contribution in [-0.2, 0) is 10.3 Å². The van der Waals surface area contributed by atoms with E-state index >= 15 is 0 Å². The molecule has 1 aliphatic heterocycles. The number of rotatable bonds is 3. The van der Waals surface area contributed by atoms with E-state index in [0.717, 1.165) is 0 Å². The topological polar surface area (TPSA) is 114 Å². The maximum absolute atomic E-state index is 12.6. The van der Waals surface area contributed by atoms with Crippen LogP contribution in [0.5, 0.6) is 0 Å². The van der Waals surface area contributed by atoms with Gasteiger partial charge >= 0.3 is 5.97 Å².